The van der Waals surface area contributed by atoms with Crippen molar-refractivity contribution in [2.75, 3.05) is 13.7 Å². The molecule has 1 heterocycles. The number of hydrogen-bond donors (Lipinski definition) is 1. The molecular weight excluding hydrogens is 266 g/mol. The van der Waals surface area contributed by atoms with Gasteiger partial charge in [-0.25, -0.2) is 0 Å². The van der Waals surface area contributed by atoms with Crippen molar-refractivity contribution in [2.24, 2.45) is 0 Å². The molecule has 0 aliphatic rings. The Kier molecular flexibility index (Phi) is 4.99. The van der Waals surface area contributed by atoms with Gasteiger partial charge in [-0.05, 0) is 35.9 Å². The summed E-state index contributed by atoms with van der Waals surface area (Å²) in [6, 6.07) is 9.01. The van der Waals surface area contributed by atoms with Crippen molar-refractivity contribution >= 4 is 11.9 Å². The first kappa shape index (κ1) is 14.7. The predicted molar refractivity (Wildman–Crippen MR) is 82.8 cm³/mol. The lowest BCUT2D eigenvalue weighted by Gasteiger charge is -2.09. The van der Waals surface area contributed by atoms with Gasteiger partial charge in [-0.1, -0.05) is 24.8 Å². The summed E-state index contributed by atoms with van der Waals surface area (Å²) in [5.41, 5.74) is 1.42. The Morgan fingerprint density at radius 2 is 2.19 bits per heavy atom. The van der Waals surface area contributed by atoms with Gasteiger partial charge in [0.05, 0.1) is 12.8 Å². The zero-order valence-corrected chi connectivity index (χ0v) is 11.8. The number of aromatic nitrogens is 1. The number of aromatic amines is 1. The summed E-state index contributed by atoms with van der Waals surface area (Å²) in [6.07, 6.45) is 6.64. The number of H-pyrrole nitrogens is 1. The molecule has 4 nitrogen and oxygen atoms in total. The van der Waals surface area contributed by atoms with Crippen LogP contribution in [0.15, 0.2) is 55.3 Å². The van der Waals surface area contributed by atoms with E-state index in [9.17, 15) is 4.79 Å². The van der Waals surface area contributed by atoms with E-state index in [0.29, 0.717) is 23.8 Å². The van der Waals surface area contributed by atoms with Crippen LogP contribution in [-0.2, 0) is 0 Å². The zero-order chi connectivity index (χ0) is 15.1. The highest BCUT2D eigenvalue weighted by molar-refractivity contribution is 6.05. The number of nitrogens with one attached hydrogen (secondary N) is 1. The predicted octanol–water partition coefficient (Wildman–Crippen LogP) is 3.48. The van der Waals surface area contributed by atoms with E-state index >= 15 is 0 Å². The van der Waals surface area contributed by atoms with Crippen LogP contribution in [0, 0.1) is 0 Å². The summed E-state index contributed by atoms with van der Waals surface area (Å²) in [6.45, 7) is 4.02. The fraction of sp³-hybridized carbons (Fsp3) is 0.118. The summed E-state index contributed by atoms with van der Waals surface area (Å²) >= 11 is 0. The fourth-order valence-electron chi connectivity index (χ4n) is 1.80. The maximum atomic E-state index is 11.9. The van der Waals surface area contributed by atoms with Crippen molar-refractivity contribution in [1.82, 2.24) is 4.98 Å². The van der Waals surface area contributed by atoms with Crippen molar-refractivity contribution in [2.45, 2.75) is 0 Å². The molecule has 0 aliphatic heterocycles. The smallest absolute Gasteiger partial charge is 0.201 e. The van der Waals surface area contributed by atoms with E-state index in [1.807, 2.05) is 12.1 Å². The third-order valence-corrected chi connectivity index (χ3v) is 2.83. The summed E-state index contributed by atoms with van der Waals surface area (Å²) in [7, 11) is 1.58. The van der Waals surface area contributed by atoms with Crippen LogP contribution in [0.1, 0.15) is 16.1 Å². The number of benzene rings is 1. The summed E-state index contributed by atoms with van der Waals surface area (Å²) in [5.74, 6) is 1.18. The molecule has 108 valence electrons. The normalized spacial score (nSPS) is 10.5. The van der Waals surface area contributed by atoms with E-state index in [4.69, 9.17) is 9.47 Å². The maximum absolute atomic E-state index is 11.9. The molecule has 0 radical (unpaired) electrons. The quantitative estimate of drug-likeness (QED) is 0.481. The minimum Gasteiger partial charge on any atom is -0.493 e. The Balaban J connectivity index is 2.13. The Hall–Kier alpha value is -2.75. The van der Waals surface area contributed by atoms with Gasteiger partial charge in [0.2, 0.25) is 5.78 Å². The summed E-state index contributed by atoms with van der Waals surface area (Å²) in [5, 5.41) is 0. The van der Waals surface area contributed by atoms with Gasteiger partial charge in [0.15, 0.2) is 11.5 Å². The molecule has 2 rings (SSSR count). The van der Waals surface area contributed by atoms with Gasteiger partial charge in [-0.2, -0.15) is 0 Å². The van der Waals surface area contributed by atoms with Crippen molar-refractivity contribution in [3.05, 3.63) is 66.5 Å². The Morgan fingerprint density at radius 1 is 1.33 bits per heavy atom. The number of hydrogen-bond acceptors (Lipinski definition) is 3. The molecule has 0 atom stereocenters. The van der Waals surface area contributed by atoms with E-state index in [0.717, 1.165) is 5.56 Å². The number of ketones is 1. The van der Waals surface area contributed by atoms with Crippen molar-refractivity contribution in [3.63, 3.8) is 0 Å². The van der Waals surface area contributed by atoms with Crippen LogP contribution < -0.4 is 9.47 Å². The second-order valence-corrected chi connectivity index (χ2v) is 4.29. The van der Waals surface area contributed by atoms with E-state index in [1.165, 1.54) is 6.08 Å². The third kappa shape index (κ3) is 3.86. The zero-order valence-electron chi connectivity index (χ0n) is 11.8. The van der Waals surface area contributed by atoms with E-state index < -0.39 is 0 Å². The van der Waals surface area contributed by atoms with Gasteiger partial charge in [0, 0.05) is 6.20 Å². The lowest BCUT2D eigenvalue weighted by Crippen LogP contribution is -1.96. The molecule has 0 saturated carbocycles. The molecule has 4 heteroatoms. The number of carbonyl (C=O) groups excluding carboxylic acids is 1. The molecule has 1 N–H and O–H groups in total. The highest BCUT2D eigenvalue weighted by Crippen LogP contribution is 2.28. The fourth-order valence-corrected chi connectivity index (χ4v) is 1.80. The molecule has 0 spiro atoms. The van der Waals surface area contributed by atoms with E-state index in [-0.39, 0.29) is 5.78 Å². The van der Waals surface area contributed by atoms with Crippen LogP contribution in [0.4, 0.5) is 0 Å². The van der Waals surface area contributed by atoms with Gasteiger partial charge >= 0.3 is 0 Å². The molecule has 0 aliphatic carbocycles. The lowest BCUT2D eigenvalue weighted by atomic mass is 10.1. The Labute approximate surface area is 123 Å². The molecule has 0 fully saturated rings. The Bertz CT molecular complexity index is 642. The Morgan fingerprint density at radius 3 is 2.86 bits per heavy atom. The molecule has 0 unspecified atom stereocenters. The van der Waals surface area contributed by atoms with Crippen LogP contribution in [0.5, 0.6) is 11.5 Å². The van der Waals surface area contributed by atoms with Crippen LogP contribution in [0.2, 0.25) is 0 Å². The first-order valence-electron chi connectivity index (χ1n) is 6.52. The molecule has 1 aromatic heterocycles. The minimum atomic E-state index is -0.0778. The summed E-state index contributed by atoms with van der Waals surface area (Å²) in [4.78, 5) is 14.7. The van der Waals surface area contributed by atoms with Crippen molar-refractivity contribution in [3.8, 4) is 11.5 Å². The topological polar surface area (TPSA) is 51.3 Å². The first-order valence-corrected chi connectivity index (χ1v) is 6.52. The second-order valence-electron chi connectivity index (χ2n) is 4.29. The van der Waals surface area contributed by atoms with Gasteiger partial charge in [-0.3, -0.25) is 4.79 Å². The monoisotopic (exact) mass is 283 g/mol. The minimum absolute atomic E-state index is 0.0778. The number of rotatable bonds is 7. The van der Waals surface area contributed by atoms with Gasteiger partial charge < -0.3 is 14.5 Å². The molecule has 2 aromatic rings. The van der Waals surface area contributed by atoms with E-state index in [1.54, 1.807) is 43.7 Å². The van der Waals surface area contributed by atoms with Crippen LogP contribution in [0.3, 0.4) is 0 Å². The highest BCUT2D eigenvalue weighted by Gasteiger charge is 2.05. The maximum Gasteiger partial charge on any atom is 0.201 e. The molecule has 0 bridgehead atoms. The van der Waals surface area contributed by atoms with Crippen LogP contribution in [0.25, 0.3) is 6.08 Å². The molecular formula is C17H17NO3. The lowest BCUT2D eigenvalue weighted by molar-refractivity contribution is 0.104. The number of ether oxygens (including phenoxy) is 2. The number of methoxy groups -OCH3 is 1. The van der Waals surface area contributed by atoms with Crippen LogP contribution >= 0.6 is 0 Å². The standard InChI is InChI=1S/C17H17NO3/c1-3-11-21-16-9-7-13(12-17(16)20-2)6-8-15(19)14-5-4-10-18-14/h3-10,12,18H,1,11H2,2H3/b8-6+. The second kappa shape index (κ2) is 7.14. The highest BCUT2D eigenvalue weighted by atomic mass is 16.5. The number of allylic oxidation sites excluding steroid dienone is 1. The largest absolute Gasteiger partial charge is 0.493 e. The van der Waals surface area contributed by atoms with Gasteiger partial charge in [-0.15, -0.1) is 0 Å². The molecule has 0 saturated heterocycles. The molecule has 1 aromatic carbocycles. The summed E-state index contributed by atoms with van der Waals surface area (Å²) < 4.78 is 10.8. The van der Waals surface area contributed by atoms with Crippen LogP contribution in [-0.4, -0.2) is 24.5 Å². The van der Waals surface area contributed by atoms with Crippen molar-refractivity contribution < 1.29 is 14.3 Å². The average Bonchev–Trinajstić information content (AvgIpc) is 3.05. The van der Waals surface area contributed by atoms with Gasteiger partial charge in [0.1, 0.15) is 6.61 Å². The number of carbonyl (C=O) groups is 1. The van der Waals surface area contributed by atoms with Crippen molar-refractivity contribution in [1.29, 1.82) is 0 Å². The van der Waals surface area contributed by atoms with E-state index in [2.05, 4.69) is 11.6 Å². The SMILES string of the molecule is C=CCOc1ccc(/C=C/C(=O)c2ccc[nH]2)cc1OC. The third-order valence-electron chi connectivity index (χ3n) is 2.83. The average molecular weight is 283 g/mol. The molecule has 0 amide bonds. The first-order chi connectivity index (χ1) is 10.2. The van der Waals surface area contributed by atoms with Gasteiger partial charge in [0.25, 0.3) is 0 Å². The molecule has 21 heavy (non-hydrogen) atoms.